The van der Waals surface area contributed by atoms with Crippen LogP contribution in [0, 0.1) is 0 Å². The number of aromatic nitrogens is 1. The molecule has 0 saturated carbocycles. The number of carbonyl (C=O) groups excluding carboxylic acids is 1. The van der Waals surface area contributed by atoms with Crippen LogP contribution in [0.15, 0.2) is 23.4 Å². The van der Waals surface area contributed by atoms with E-state index in [2.05, 4.69) is 9.72 Å². The van der Waals surface area contributed by atoms with Crippen LogP contribution in [0.5, 0.6) is 0 Å². The van der Waals surface area contributed by atoms with Crippen LogP contribution in [-0.4, -0.2) is 27.5 Å². The minimum atomic E-state index is -4.49. The number of nitrogens with zero attached hydrogens (tertiary/aromatic N) is 1. The zero-order valence-electron chi connectivity index (χ0n) is 9.36. The van der Waals surface area contributed by atoms with Gasteiger partial charge in [-0.1, -0.05) is 0 Å². The van der Waals surface area contributed by atoms with Crippen LogP contribution in [0.2, 0.25) is 0 Å². The van der Waals surface area contributed by atoms with Gasteiger partial charge in [-0.15, -0.1) is 0 Å². The van der Waals surface area contributed by atoms with Crippen molar-refractivity contribution in [2.45, 2.75) is 18.1 Å². The van der Waals surface area contributed by atoms with Crippen molar-refractivity contribution < 1.29 is 26.9 Å². The molecular formula is C10H10F3NO3S. The van der Waals surface area contributed by atoms with E-state index in [-0.39, 0.29) is 11.6 Å². The van der Waals surface area contributed by atoms with E-state index in [1.807, 2.05) is 0 Å². The molecule has 0 amide bonds. The molecule has 18 heavy (non-hydrogen) atoms. The standard InChI is InChI=1S/C10H10F3NO3S/c1-2-17-9(15)6-18(16)8-4-3-7(5-14-8)10(11,12)13/h3-5H,2,6H2,1H3/t18-/m1/s1. The summed E-state index contributed by atoms with van der Waals surface area (Å²) in [6.45, 7) is 1.74. The molecule has 1 aromatic heterocycles. The molecule has 0 saturated heterocycles. The van der Waals surface area contributed by atoms with Gasteiger partial charge < -0.3 is 4.74 Å². The summed E-state index contributed by atoms with van der Waals surface area (Å²) >= 11 is 0. The molecule has 0 radical (unpaired) electrons. The van der Waals surface area contributed by atoms with E-state index in [1.165, 1.54) is 0 Å². The van der Waals surface area contributed by atoms with Gasteiger partial charge >= 0.3 is 12.1 Å². The fourth-order valence-corrected chi connectivity index (χ4v) is 1.90. The Hall–Kier alpha value is -1.44. The fourth-order valence-electron chi connectivity index (χ4n) is 1.07. The summed E-state index contributed by atoms with van der Waals surface area (Å²) in [5.41, 5.74) is -0.931. The molecule has 1 heterocycles. The number of esters is 1. The minimum absolute atomic E-state index is 0.0870. The van der Waals surface area contributed by atoms with Crippen LogP contribution >= 0.6 is 0 Å². The van der Waals surface area contributed by atoms with Crippen molar-refractivity contribution in [3.63, 3.8) is 0 Å². The molecule has 1 atom stereocenters. The summed E-state index contributed by atoms with van der Waals surface area (Å²) in [6, 6.07) is 1.75. The number of hydrogen-bond donors (Lipinski definition) is 0. The third-order valence-corrected chi connectivity index (χ3v) is 3.06. The van der Waals surface area contributed by atoms with Gasteiger partial charge in [-0.05, 0) is 19.1 Å². The Morgan fingerprint density at radius 3 is 2.56 bits per heavy atom. The summed E-state index contributed by atoms with van der Waals surface area (Å²) in [7, 11) is -1.80. The van der Waals surface area contributed by atoms with Crippen LogP contribution in [0.4, 0.5) is 13.2 Å². The van der Waals surface area contributed by atoms with Gasteiger partial charge in [0.15, 0.2) is 0 Å². The van der Waals surface area contributed by atoms with E-state index in [0.29, 0.717) is 6.20 Å². The largest absolute Gasteiger partial charge is 0.465 e. The Morgan fingerprint density at radius 2 is 2.11 bits per heavy atom. The average Bonchev–Trinajstić information content (AvgIpc) is 2.28. The van der Waals surface area contributed by atoms with Gasteiger partial charge in [0, 0.05) is 6.20 Å². The van der Waals surface area contributed by atoms with E-state index in [4.69, 9.17) is 0 Å². The Labute approximate surface area is 104 Å². The first-order valence-corrected chi connectivity index (χ1v) is 6.23. The maximum Gasteiger partial charge on any atom is 0.417 e. The summed E-state index contributed by atoms with van der Waals surface area (Å²) in [4.78, 5) is 14.5. The average molecular weight is 281 g/mol. The molecule has 0 aliphatic carbocycles. The second-order valence-corrected chi connectivity index (χ2v) is 4.58. The molecule has 100 valence electrons. The third kappa shape index (κ3) is 4.10. The zero-order valence-corrected chi connectivity index (χ0v) is 10.2. The third-order valence-electron chi connectivity index (χ3n) is 1.85. The van der Waals surface area contributed by atoms with Crippen molar-refractivity contribution in [2.75, 3.05) is 12.4 Å². The van der Waals surface area contributed by atoms with E-state index in [1.54, 1.807) is 6.92 Å². The number of alkyl halides is 3. The van der Waals surface area contributed by atoms with Crippen molar-refractivity contribution in [1.29, 1.82) is 0 Å². The molecule has 1 rings (SSSR count). The fraction of sp³-hybridized carbons (Fsp3) is 0.400. The van der Waals surface area contributed by atoms with Gasteiger partial charge in [0.25, 0.3) is 0 Å². The van der Waals surface area contributed by atoms with Crippen molar-refractivity contribution >= 4 is 16.8 Å². The topological polar surface area (TPSA) is 56.3 Å². The van der Waals surface area contributed by atoms with Gasteiger partial charge in [0.1, 0.15) is 10.8 Å². The molecule has 0 spiro atoms. The van der Waals surface area contributed by atoms with Crippen molar-refractivity contribution in [3.8, 4) is 0 Å². The minimum Gasteiger partial charge on any atom is -0.465 e. The van der Waals surface area contributed by atoms with E-state index in [0.717, 1.165) is 12.1 Å². The summed E-state index contributed by atoms with van der Waals surface area (Å²) in [5, 5.41) is -0.0870. The van der Waals surface area contributed by atoms with Crippen molar-refractivity contribution in [2.24, 2.45) is 0 Å². The predicted molar refractivity (Wildman–Crippen MR) is 57.1 cm³/mol. The number of ether oxygens (including phenoxy) is 1. The highest BCUT2D eigenvalue weighted by molar-refractivity contribution is 7.85. The lowest BCUT2D eigenvalue weighted by molar-refractivity contribution is -0.140. The molecule has 8 heteroatoms. The van der Waals surface area contributed by atoms with E-state index in [9.17, 15) is 22.2 Å². The number of hydrogen-bond acceptors (Lipinski definition) is 4. The van der Waals surface area contributed by atoms with Gasteiger partial charge in [-0.2, -0.15) is 13.2 Å². The highest BCUT2D eigenvalue weighted by Gasteiger charge is 2.30. The Balaban J connectivity index is 2.74. The lowest BCUT2D eigenvalue weighted by Crippen LogP contribution is -2.15. The van der Waals surface area contributed by atoms with Gasteiger partial charge in [-0.25, -0.2) is 4.98 Å². The van der Waals surface area contributed by atoms with Crippen LogP contribution in [0.3, 0.4) is 0 Å². The summed E-state index contributed by atoms with van der Waals surface area (Å²) in [5.74, 6) is -1.11. The molecule has 0 unspecified atom stereocenters. The lowest BCUT2D eigenvalue weighted by atomic mass is 10.3. The Kier molecular flexibility index (Phi) is 4.83. The molecule has 0 aliphatic rings. The first-order chi connectivity index (χ1) is 8.34. The number of pyridine rings is 1. The molecular weight excluding hydrogens is 271 g/mol. The first-order valence-electron chi connectivity index (χ1n) is 4.92. The van der Waals surface area contributed by atoms with Crippen LogP contribution in [-0.2, 0) is 26.5 Å². The van der Waals surface area contributed by atoms with Gasteiger partial charge in [0.2, 0.25) is 0 Å². The van der Waals surface area contributed by atoms with Crippen LogP contribution < -0.4 is 0 Å². The molecule has 0 fully saturated rings. The molecule has 0 bridgehead atoms. The lowest BCUT2D eigenvalue weighted by Gasteiger charge is -2.06. The Bertz CT molecular complexity index is 445. The molecule has 1 aromatic rings. The molecule has 0 N–H and O–H groups in total. The monoisotopic (exact) mass is 281 g/mol. The quantitative estimate of drug-likeness (QED) is 0.789. The van der Waals surface area contributed by atoms with E-state index < -0.39 is 34.3 Å². The smallest absolute Gasteiger partial charge is 0.417 e. The van der Waals surface area contributed by atoms with Crippen LogP contribution in [0.1, 0.15) is 12.5 Å². The Morgan fingerprint density at radius 1 is 1.44 bits per heavy atom. The van der Waals surface area contributed by atoms with Gasteiger partial charge in [0.05, 0.1) is 23.0 Å². The molecule has 0 aromatic carbocycles. The molecule has 0 aliphatic heterocycles. The highest BCUT2D eigenvalue weighted by Crippen LogP contribution is 2.28. The van der Waals surface area contributed by atoms with E-state index >= 15 is 0 Å². The predicted octanol–water partition coefficient (Wildman–Crippen LogP) is 1.77. The number of rotatable bonds is 4. The summed E-state index contributed by atoms with van der Waals surface area (Å²) < 4.78 is 52.9. The first kappa shape index (κ1) is 14.6. The maximum atomic E-state index is 12.2. The summed E-state index contributed by atoms with van der Waals surface area (Å²) in [6.07, 6.45) is -3.91. The number of carbonyl (C=O) groups is 1. The second kappa shape index (κ2) is 5.94. The van der Waals surface area contributed by atoms with Gasteiger partial charge in [-0.3, -0.25) is 9.00 Å². The zero-order chi connectivity index (χ0) is 13.8. The normalized spacial score (nSPS) is 13.1. The highest BCUT2D eigenvalue weighted by atomic mass is 32.2. The number of halogens is 3. The maximum absolute atomic E-state index is 12.2. The SMILES string of the molecule is CCOC(=O)C[S@@](=O)c1ccc(C(F)(F)F)cn1. The van der Waals surface area contributed by atoms with Crippen LogP contribution in [0.25, 0.3) is 0 Å². The second-order valence-electron chi connectivity index (χ2n) is 3.18. The van der Waals surface area contributed by atoms with Crippen molar-refractivity contribution in [3.05, 3.63) is 23.9 Å². The molecule has 4 nitrogen and oxygen atoms in total. The van der Waals surface area contributed by atoms with Crippen molar-refractivity contribution in [1.82, 2.24) is 4.98 Å².